The van der Waals surface area contributed by atoms with Gasteiger partial charge in [-0.15, -0.1) is 0 Å². The molecule has 0 spiro atoms. The molecule has 69 heavy (non-hydrogen) atoms. The van der Waals surface area contributed by atoms with Crippen LogP contribution in [0.4, 0.5) is 0 Å². The smallest absolute Gasteiger partial charge is 0.187 e. The molecule has 11 heteroatoms. The van der Waals surface area contributed by atoms with Crippen LogP contribution in [0.3, 0.4) is 0 Å². The van der Waals surface area contributed by atoms with E-state index in [2.05, 4.69) is 42.5 Å². The summed E-state index contributed by atoms with van der Waals surface area (Å²) in [5.41, 5.74) is 6.20. The Bertz CT molecular complexity index is 2490. The van der Waals surface area contributed by atoms with E-state index >= 15 is 0 Å². The van der Waals surface area contributed by atoms with E-state index in [1.165, 1.54) is 5.39 Å². The van der Waals surface area contributed by atoms with Crippen LogP contribution in [-0.2, 0) is 86.6 Å². The molecule has 1 fully saturated rings. The highest BCUT2D eigenvalue weighted by atomic mass is 31.2. The average molecular weight is 951 g/mol. The molecule has 0 N–H and O–H groups in total. The monoisotopic (exact) mass is 950 g/mol. The molecule has 1 aliphatic heterocycles. The van der Waals surface area contributed by atoms with Crippen molar-refractivity contribution in [3.05, 3.63) is 228 Å². The fourth-order valence-corrected chi connectivity index (χ4v) is 9.20. The number of benzene rings is 7. The molecule has 0 bridgehead atoms. The summed E-state index contributed by atoms with van der Waals surface area (Å²) in [6.07, 6.45) is -4.53. The van der Waals surface area contributed by atoms with Gasteiger partial charge in [-0.25, -0.2) is 0 Å². The van der Waals surface area contributed by atoms with Crippen LogP contribution in [0.1, 0.15) is 33.4 Å². The minimum absolute atomic E-state index is 0.0579. The maximum Gasteiger partial charge on any atom is 0.187 e. The second-order valence-electron chi connectivity index (χ2n) is 17.0. The summed E-state index contributed by atoms with van der Waals surface area (Å²) < 4.78 is 66.3. The largest absolute Gasteiger partial charge is 0.374 e. The van der Waals surface area contributed by atoms with Crippen molar-refractivity contribution >= 4 is 19.1 Å². The lowest BCUT2D eigenvalue weighted by molar-refractivity contribution is -0.221. The van der Waals surface area contributed by atoms with Gasteiger partial charge in [-0.05, 0) is 50.2 Å². The maximum absolute atomic E-state index is 6.97. The Hall–Kier alpha value is -5.17. The number of rotatable bonds is 28. The van der Waals surface area contributed by atoms with E-state index in [1.807, 2.05) is 158 Å². The van der Waals surface area contributed by atoms with E-state index in [1.54, 1.807) is 7.11 Å². The zero-order valence-electron chi connectivity index (χ0n) is 39.4. The number of ether oxygens (including phenoxy) is 8. The maximum atomic E-state index is 6.97. The van der Waals surface area contributed by atoms with Crippen LogP contribution < -0.4 is 0 Å². The van der Waals surface area contributed by atoms with E-state index in [0.29, 0.717) is 39.6 Å². The molecule has 0 saturated carbocycles. The van der Waals surface area contributed by atoms with Crippen molar-refractivity contribution < 1.29 is 46.9 Å². The van der Waals surface area contributed by atoms with Gasteiger partial charge in [-0.1, -0.05) is 188 Å². The number of hydrogen-bond acceptors (Lipinski definition) is 10. The molecule has 7 aromatic rings. The van der Waals surface area contributed by atoms with Crippen LogP contribution >= 0.6 is 8.38 Å². The van der Waals surface area contributed by atoms with Crippen LogP contribution in [0.25, 0.3) is 10.8 Å². The van der Waals surface area contributed by atoms with E-state index in [0.717, 1.165) is 38.8 Å². The summed E-state index contributed by atoms with van der Waals surface area (Å²) in [4.78, 5) is 0. The van der Waals surface area contributed by atoms with Crippen molar-refractivity contribution in [3.63, 3.8) is 0 Å². The molecule has 360 valence electrons. The van der Waals surface area contributed by atoms with Crippen molar-refractivity contribution in [1.29, 1.82) is 0 Å². The van der Waals surface area contributed by atoms with Crippen LogP contribution in [0.5, 0.6) is 0 Å². The van der Waals surface area contributed by atoms with E-state index < -0.39 is 51.3 Å². The first-order valence-electron chi connectivity index (χ1n) is 23.6. The Morgan fingerprint density at radius 2 is 0.942 bits per heavy atom. The lowest BCUT2D eigenvalue weighted by Crippen LogP contribution is -2.48. The minimum atomic E-state index is -1.35. The Kier molecular flexibility index (Phi) is 19.9. The highest BCUT2D eigenvalue weighted by Crippen LogP contribution is 2.42. The third kappa shape index (κ3) is 15.7. The summed E-state index contributed by atoms with van der Waals surface area (Å²) in [7, 11) is 0.292. The highest BCUT2D eigenvalue weighted by molar-refractivity contribution is 7.46. The molecule has 0 amide bonds. The van der Waals surface area contributed by atoms with E-state index in [9.17, 15) is 0 Å². The van der Waals surface area contributed by atoms with Gasteiger partial charge >= 0.3 is 0 Å². The summed E-state index contributed by atoms with van der Waals surface area (Å²) >= 11 is 0. The fourth-order valence-electron chi connectivity index (χ4n) is 8.21. The van der Waals surface area contributed by atoms with Crippen molar-refractivity contribution in [2.45, 2.75) is 82.6 Å². The normalized spacial score (nSPS) is 18.8. The van der Waals surface area contributed by atoms with Crippen molar-refractivity contribution in [2.24, 2.45) is 0 Å². The zero-order valence-corrected chi connectivity index (χ0v) is 40.3. The third-order valence-corrected chi connectivity index (χ3v) is 12.9. The SMILES string of the molecule is COC1C(OP(C)OCc2ccccc2)[C@@H](COCc2ccccc2)O[C@H]1OCC(OCc1ccccc1)C(OCc1ccccc1)C(COCc1ccc2ccccc2c1)OCc1ccccc1. The molecule has 8 rings (SSSR count). The Balaban J connectivity index is 1.05. The van der Waals surface area contributed by atoms with Gasteiger partial charge in [0.1, 0.15) is 36.6 Å². The van der Waals surface area contributed by atoms with Crippen molar-refractivity contribution in [1.82, 2.24) is 0 Å². The summed E-state index contributed by atoms with van der Waals surface area (Å²) in [6.45, 7) is 4.57. The number of fused-ring (bicyclic) bond motifs is 1. The molecule has 1 aliphatic rings. The molecule has 10 nitrogen and oxygen atoms in total. The van der Waals surface area contributed by atoms with Crippen LogP contribution in [0, 0.1) is 0 Å². The molecule has 0 aromatic heterocycles. The standard InChI is InChI=1S/C58H63O10P/c1-59-57-56(68-69(2)66-40-48-28-16-7-17-29-48)54(42-60-35-44-20-8-3-9-21-44)67-58(57)65-43-53(63-38-46-24-12-5-13-25-46)55(64-39-47-26-14-6-15-27-47)52(62-37-45-22-10-4-11-23-45)41-61-36-49-32-33-50-30-18-19-31-51(50)34-49/h3-34,52-58H,35-43H2,1-2H3/t52?,53?,54-,55?,56?,57?,58-,69?/m1/s1. The fraction of sp³-hybridized carbons (Fsp3) is 0.310. The molecular weight excluding hydrogens is 888 g/mol. The zero-order chi connectivity index (χ0) is 47.3. The molecule has 0 aliphatic carbocycles. The van der Waals surface area contributed by atoms with Gasteiger partial charge < -0.3 is 46.9 Å². The predicted octanol–water partition coefficient (Wildman–Crippen LogP) is 11.6. The lowest BCUT2D eigenvalue weighted by atomic mass is 10.1. The molecule has 0 radical (unpaired) electrons. The third-order valence-electron chi connectivity index (χ3n) is 11.9. The molecular formula is C58H63O10P. The summed E-state index contributed by atoms with van der Waals surface area (Å²) in [6, 6.07) is 65.1. The minimum Gasteiger partial charge on any atom is -0.374 e. The van der Waals surface area contributed by atoms with Gasteiger partial charge in [0.25, 0.3) is 0 Å². The van der Waals surface area contributed by atoms with Crippen molar-refractivity contribution in [3.8, 4) is 0 Å². The molecule has 1 saturated heterocycles. The second-order valence-corrected chi connectivity index (χ2v) is 18.3. The van der Waals surface area contributed by atoms with E-state index in [-0.39, 0.29) is 19.8 Å². The van der Waals surface area contributed by atoms with Crippen LogP contribution in [0.15, 0.2) is 194 Å². The van der Waals surface area contributed by atoms with Crippen LogP contribution in [-0.4, -0.2) is 76.5 Å². The van der Waals surface area contributed by atoms with Gasteiger partial charge in [0.2, 0.25) is 0 Å². The average Bonchev–Trinajstić information content (AvgIpc) is 3.73. The summed E-state index contributed by atoms with van der Waals surface area (Å²) in [5, 5.41) is 2.33. The first-order chi connectivity index (χ1) is 34.1. The molecule has 7 aromatic carbocycles. The highest BCUT2D eigenvalue weighted by Gasteiger charge is 2.48. The second kappa shape index (κ2) is 27.3. The first-order valence-corrected chi connectivity index (χ1v) is 25.2. The topological polar surface area (TPSA) is 92.3 Å². The van der Waals surface area contributed by atoms with Crippen molar-refractivity contribution in [2.75, 3.05) is 33.6 Å². The Morgan fingerprint density at radius 1 is 0.464 bits per heavy atom. The first kappa shape index (κ1) is 50.2. The predicted molar refractivity (Wildman–Crippen MR) is 269 cm³/mol. The number of hydrogen-bond donors (Lipinski definition) is 0. The molecule has 6 unspecified atom stereocenters. The lowest BCUT2D eigenvalue weighted by Gasteiger charge is -2.34. The van der Waals surface area contributed by atoms with Gasteiger partial charge in [0, 0.05) is 13.8 Å². The molecule has 8 atom stereocenters. The van der Waals surface area contributed by atoms with E-state index in [4.69, 9.17) is 46.9 Å². The number of methoxy groups -OCH3 is 1. The van der Waals surface area contributed by atoms with Gasteiger partial charge in [0.15, 0.2) is 14.7 Å². The van der Waals surface area contributed by atoms with Gasteiger partial charge in [0.05, 0.1) is 59.5 Å². The Morgan fingerprint density at radius 3 is 1.51 bits per heavy atom. The molecule has 1 heterocycles. The summed E-state index contributed by atoms with van der Waals surface area (Å²) in [5.74, 6) is 0. The Labute approximate surface area is 408 Å². The quantitative estimate of drug-likeness (QED) is 0.0442. The van der Waals surface area contributed by atoms with Gasteiger partial charge in [-0.3, -0.25) is 0 Å². The van der Waals surface area contributed by atoms with Gasteiger partial charge in [-0.2, -0.15) is 0 Å². The van der Waals surface area contributed by atoms with Crippen LogP contribution in [0.2, 0.25) is 0 Å².